The van der Waals surface area contributed by atoms with E-state index in [0.717, 1.165) is 18.7 Å². The average molecular weight is 346 g/mol. The number of nitrogens with zero attached hydrogens (tertiary/aromatic N) is 5. The molecular weight excluding hydrogens is 328 g/mol. The molecule has 1 saturated carbocycles. The molecule has 1 N–H and O–H groups in total. The van der Waals surface area contributed by atoms with E-state index in [2.05, 4.69) is 20.0 Å². The van der Waals surface area contributed by atoms with Crippen LogP contribution in [0.15, 0.2) is 35.6 Å². The Morgan fingerprint density at radius 3 is 2.83 bits per heavy atom. The number of hydrogen-bond donors (Lipinski definition) is 1. The summed E-state index contributed by atoms with van der Waals surface area (Å²) in [6, 6.07) is 3.49. The van der Waals surface area contributed by atoms with E-state index in [1.165, 1.54) is 18.8 Å². The molecular formula is C15H18N6O2S. The number of nitrogens with one attached hydrogen (secondary N) is 1. The second-order valence-corrected chi connectivity index (χ2v) is 7.62. The number of sulfonamides is 1. The summed E-state index contributed by atoms with van der Waals surface area (Å²) in [4.78, 5) is 0.130. The van der Waals surface area contributed by atoms with Gasteiger partial charge in [0, 0.05) is 24.9 Å². The van der Waals surface area contributed by atoms with Crippen molar-refractivity contribution in [2.75, 3.05) is 4.72 Å². The molecule has 3 heterocycles. The van der Waals surface area contributed by atoms with Crippen LogP contribution in [0, 0.1) is 0 Å². The van der Waals surface area contributed by atoms with Crippen LogP contribution >= 0.6 is 0 Å². The fourth-order valence-corrected chi connectivity index (χ4v) is 3.83. The quantitative estimate of drug-likeness (QED) is 0.763. The molecule has 0 atom stereocenters. The van der Waals surface area contributed by atoms with Gasteiger partial charge in [0.1, 0.15) is 10.7 Å². The van der Waals surface area contributed by atoms with Gasteiger partial charge in [0.2, 0.25) is 0 Å². The van der Waals surface area contributed by atoms with E-state index in [-0.39, 0.29) is 4.90 Å². The van der Waals surface area contributed by atoms with Gasteiger partial charge in [-0.3, -0.25) is 13.8 Å². The Labute approximate surface area is 139 Å². The molecule has 1 aliphatic rings. The van der Waals surface area contributed by atoms with Gasteiger partial charge in [-0.25, -0.2) is 8.42 Å². The summed E-state index contributed by atoms with van der Waals surface area (Å²) in [6.07, 6.45) is 8.13. The maximum absolute atomic E-state index is 12.6. The van der Waals surface area contributed by atoms with Crippen molar-refractivity contribution in [1.82, 2.24) is 24.4 Å². The van der Waals surface area contributed by atoms with Crippen LogP contribution in [-0.4, -0.2) is 32.8 Å². The molecule has 3 aromatic heterocycles. The number of anilines is 1. The zero-order valence-corrected chi connectivity index (χ0v) is 14.1. The molecule has 4 rings (SSSR count). The number of aromatic nitrogens is 5. The summed E-state index contributed by atoms with van der Waals surface area (Å²) >= 11 is 0. The maximum atomic E-state index is 12.6. The Kier molecular flexibility index (Phi) is 3.52. The van der Waals surface area contributed by atoms with Crippen LogP contribution < -0.4 is 4.72 Å². The monoisotopic (exact) mass is 346 g/mol. The second kappa shape index (κ2) is 5.59. The van der Waals surface area contributed by atoms with Crippen LogP contribution in [0.1, 0.15) is 37.9 Å². The largest absolute Gasteiger partial charge is 0.284 e. The lowest BCUT2D eigenvalue weighted by molar-refractivity contribution is 0.399. The number of hydrogen-bond acceptors (Lipinski definition) is 5. The maximum Gasteiger partial charge on any atom is 0.265 e. The summed E-state index contributed by atoms with van der Waals surface area (Å²) in [5, 5.41) is 12.5. The van der Waals surface area contributed by atoms with Crippen molar-refractivity contribution < 1.29 is 8.42 Å². The third kappa shape index (κ3) is 2.44. The fraction of sp³-hybridized carbons (Fsp3) is 0.400. The number of fused-ring (bicyclic) bond motifs is 1. The van der Waals surface area contributed by atoms with Crippen LogP contribution in [0.2, 0.25) is 0 Å². The van der Waals surface area contributed by atoms with Gasteiger partial charge in [-0.2, -0.15) is 5.10 Å². The predicted molar refractivity (Wildman–Crippen MR) is 88.3 cm³/mol. The standard InChI is InChI=1S/C15H18N6O2S/c1-2-20-10-12(9-16-20)24(22,23)19-13-7-4-8-21-14(11-5-3-6-11)17-18-15(13)21/h4,7-11,19H,2-3,5-6H2,1H3. The lowest BCUT2D eigenvalue weighted by atomic mass is 9.85. The van der Waals surface area contributed by atoms with Gasteiger partial charge in [0.05, 0.1) is 11.9 Å². The van der Waals surface area contributed by atoms with E-state index in [1.54, 1.807) is 16.8 Å². The van der Waals surface area contributed by atoms with E-state index in [1.807, 2.05) is 17.5 Å². The highest BCUT2D eigenvalue weighted by atomic mass is 32.2. The Morgan fingerprint density at radius 1 is 1.33 bits per heavy atom. The number of aryl methyl sites for hydroxylation is 1. The van der Waals surface area contributed by atoms with E-state index in [9.17, 15) is 8.42 Å². The van der Waals surface area contributed by atoms with Gasteiger partial charge < -0.3 is 0 Å². The van der Waals surface area contributed by atoms with Gasteiger partial charge in [0.25, 0.3) is 10.0 Å². The zero-order chi connectivity index (χ0) is 16.7. The number of pyridine rings is 1. The SMILES string of the molecule is CCn1cc(S(=O)(=O)Nc2cccn3c(C4CCC4)nnc23)cn1. The zero-order valence-electron chi connectivity index (χ0n) is 13.3. The first-order valence-corrected chi connectivity index (χ1v) is 9.45. The molecule has 1 fully saturated rings. The molecule has 1 aliphatic carbocycles. The van der Waals surface area contributed by atoms with E-state index in [0.29, 0.717) is 23.8 Å². The minimum Gasteiger partial charge on any atom is -0.284 e. The molecule has 0 aromatic carbocycles. The van der Waals surface area contributed by atoms with Crippen molar-refractivity contribution in [1.29, 1.82) is 0 Å². The molecule has 8 nitrogen and oxygen atoms in total. The van der Waals surface area contributed by atoms with E-state index >= 15 is 0 Å². The van der Waals surface area contributed by atoms with Gasteiger partial charge in [-0.05, 0) is 31.9 Å². The van der Waals surface area contributed by atoms with Crippen molar-refractivity contribution in [3.63, 3.8) is 0 Å². The molecule has 0 bridgehead atoms. The molecule has 0 amide bonds. The van der Waals surface area contributed by atoms with Crippen molar-refractivity contribution in [3.8, 4) is 0 Å². The van der Waals surface area contributed by atoms with Crippen molar-refractivity contribution in [2.45, 2.75) is 43.5 Å². The summed E-state index contributed by atoms with van der Waals surface area (Å²) in [6.45, 7) is 2.51. The Hall–Kier alpha value is -2.42. The molecule has 0 unspecified atom stereocenters. The average Bonchev–Trinajstić information content (AvgIpc) is 3.14. The Bertz CT molecular complexity index is 986. The molecule has 24 heavy (non-hydrogen) atoms. The van der Waals surface area contributed by atoms with Gasteiger partial charge in [-0.1, -0.05) is 6.42 Å². The second-order valence-electron chi connectivity index (χ2n) is 5.94. The third-order valence-electron chi connectivity index (χ3n) is 4.42. The minimum atomic E-state index is -3.71. The van der Waals surface area contributed by atoms with Gasteiger partial charge in [0.15, 0.2) is 5.65 Å². The smallest absolute Gasteiger partial charge is 0.265 e. The first-order valence-electron chi connectivity index (χ1n) is 7.97. The molecule has 3 aromatic rings. The highest BCUT2D eigenvalue weighted by Gasteiger charge is 2.26. The van der Waals surface area contributed by atoms with Crippen LogP contribution in [-0.2, 0) is 16.6 Å². The Morgan fingerprint density at radius 2 is 2.17 bits per heavy atom. The summed E-state index contributed by atoms with van der Waals surface area (Å²) < 4.78 is 31.2. The molecule has 126 valence electrons. The molecule has 0 aliphatic heterocycles. The lowest BCUT2D eigenvalue weighted by Gasteiger charge is -2.23. The van der Waals surface area contributed by atoms with Crippen LogP contribution in [0.3, 0.4) is 0 Å². The highest BCUT2D eigenvalue weighted by molar-refractivity contribution is 7.92. The summed E-state index contributed by atoms with van der Waals surface area (Å²) in [5.41, 5.74) is 0.936. The van der Waals surface area contributed by atoms with E-state index in [4.69, 9.17) is 0 Å². The topological polar surface area (TPSA) is 94.2 Å². The summed E-state index contributed by atoms with van der Waals surface area (Å²) in [5.74, 6) is 1.31. The van der Waals surface area contributed by atoms with Crippen molar-refractivity contribution in [3.05, 3.63) is 36.5 Å². The Balaban J connectivity index is 1.70. The van der Waals surface area contributed by atoms with Crippen molar-refractivity contribution in [2.24, 2.45) is 0 Å². The third-order valence-corrected chi connectivity index (χ3v) is 5.74. The number of rotatable bonds is 5. The van der Waals surface area contributed by atoms with Gasteiger partial charge in [-0.15, -0.1) is 10.2 Å². The normalized spacial score (nSPS) is 15.5. The minimum absolute atomic E-state index is 0.130. The van der Waals surface area contributed by atoms with Crippen LogP contribution in [0.25, 0.3) is 5.65 Å². The molecule has 0 radical (unpaired) electrons. The van der Waals surface area contributed by atoms with Gasteiger partial charge >= 0.3 is 0 Å². The fourth-order valence-electron chi connectivity index (χ4n) is 2.82. The molecule has 0 spiro atoms. The highest BCUT2D eigenvalue weighted by Crippen LogP contribution is 2.36. The van der Waals surface area contributed by atoms with Crippen LogP contribution in [0.5, 0.6) is 0 Å². The molecule has 9 heteroatoms. The first kappa shape index (κ1) is 15.1. The first-order chi connectivity index (χ1) is 11.6. The summed E-state index contributed by atoms with van der Waals surface area (Å²) in [7, 11) is -3.71. The lowest BCUT2D eigenvalue weighted by Crippen LogP contribution is -2.14. The predicted octanol–water partition coefficient (Wildman–Crippen LogP) is 2.01. The van der Waals surface area contributed by atoms with E-state index < -0.39 is 10.0 Å². The van der Waals surface area contributed by atoms with Crippen molar-refractivity contribution >= 4 is 21.4 Å². The molecule has 0 saturated heterocycles. The van der Waals surface area contributed by atoms with Crippen LogP contribution in [0.4, 0.5) is 5.69 Å².